The second kappa shape index (κ2) is 49.5. The van der Waals surface area contributed by atoms with E-state index < -0.39 is 185 Å². The molecule has 0 radical (unpaired) electrons. The number of carbonyl (C=O) groups excluding carboxylic acids is 2. The van der Waals surface area contributed by atoms with Crippen LogP contribution in [0.2, 0.25) is 0 Å². The number of aromatic nitrogens is 6. The molecule has 7 heterocycles. The number of aromatic hydroxyl groups is 1. The van der Waals surface area contributed by atoms with Gasteiger partial charge in [-0.05, 0) is 79.9 Å². The van der Waals surface area contributed by atoms with Gasteiger partial charge < -0.3 is 144 Å². The summed E-state index contributed by atoms with van der Waals surface area (Å²) in [6.45, 7) is -3.18. The molecule has 3 fully saturated rings. The van der Waals surface area contributed by atoms with Crippen LogP contribution in [0.5, 0.6) is 5.75 Å². The van der Waals surface area contributed by atoms with E-state index in [1.54, 1.807) is 0 Å². The summed E-state index contributed by atoms with van der Waals surface area (Å²) < 4.78 is 155. The Hall–Kier alpha value is -8.92. The number of hydrogen-bond donors (Lipinski definition) is 9. The minimum Gasteiger partial charge on any atom is -0.756 e. The van der Waals surface area contributed by atoms with Crippen molar-refractivity contribution < 1.29 is 161 Å². The molecule has 129 heavy (non-hydrogen) atoms. The molecule has 3 aromatic heterocycles. The minimum absolute atomic E-state index is 0.0183. The lowest BCUT2D eigenvalue weighted by Crippen LogP contribution is -2.33. The number of unbranched alkanes of at least 4 members (excludes halogenated alkanes) is 3. The third-order valence-corrected chi connectivity index (χ3v) is 23.3. The molecule has 13 atom stereocenters. The number of hydrogen-bond acceptors (Lipinski definition) is 41. The first-order chi connectivity index (χ1) is 61.6. The van der Waals surface area contributed by atoms with Gasteiger partial charge in [-0.2, -0.15) is 4.98 Å². The number of rotatable bonds is 57. The van der Waals surface area contributed by atoms with E-state index in [-0.39, 0.29) is 175 Å². The summed E-state index contributed by atoms with van der Waals surface area (Å²) in [5.74, 6) is -2.48. The summed E-state index contributed by atoms with van der Waals surface area (Å²) in [7, 11) is -20.5. The number of phosphoric acid groups is 4. The number of fused-ring (bicyclic) bond motifs is 2. The average molecular weight is 1900 g/mol. The number of carboxylic acids is 1. The van der Waals surface area contributed by atoms with Gasteiger partial charge in [-0.15, -0.1) is 0 Å². The van der Waals surface area contributed by atoms with Crippen LogP contribution in [0.15, 0.2) is 119 Å². The molecule has 0 bridgehead atoms. The number of phenols is 1. The van der Waals surface area contributed by atoms with Crippen molar-refractivity contribution in [3.8, 4) is 28.2 Å². The molecule has 1 aliphatic carbocycles. The van der Waals surface area contributed by atoms with Crippen LogP contribution < -0.4 is 69.6 Å². The van der Waals surface area contributed by atoms with Crippen LogP contribution in [0, 0.1) is 6.92 Å². The van der Waals surface area contributed by atoms with Crippen LogP contribution in [0.1, 0.15) is 95.5 Å². The first kappa shape index (κ1) is 102. The van der Waals surface area contributed by atoms with E-state index >= 15 is 0 Å². The highest BCUT2D eigenvalue weighted by atomic mass is 31.2. The number of nitrogen functional groups attached to an aromatic ring is 1. The van der Waals surface area contributed by atoms with Crippen LogP contribution in [-0.2, 0) is 107 Å². The summed E-state index contributed by atoms with van der Waals surface area (Å²) in [5, 5.41) is 46.5. The second-order valence-corrected chi connectivity index (χ2v) is 34.1. The minimum atomic E-state index is -5.38. The first-order valence-corrected chi connectivity index (χ1v) is 46.1. The number of phosphoric ester groups is 4. The molecule has 10 N–H and O–H groups in total. The number of ether oxygens (including phenoxy) is 10. The number of benzene rings is 3. The molecule has 5 aromatic rings. The largest absolute Gasteiger partial charge is 0.756 e. The molecule has 4 aliphatic heterocycles. The Labute approximate surface area is 731 Å². The molecule has 53 heteroatoms. The van der Waals surface area contributed by atoms with E-state index in [1.165, 1.54) is 80.0 Å². The van der Waals surface area contributed by atoms with Crippen molar-refractivity contribution in [3.63, 3.8) is 0 Å². The summed E-state index contributed by atoms with van der Waals surface area (Å²) in [5.41, 5.74) is 1.99. The number of nitrogens with zero attached hydrogens (tertiary/aromatic N) is 4. The van der Waals surface area contributed by atoms with Gasteiger partial charge in [0.2, 0.25) is 5.91 Å². The Balaban J connectivity index is 0.619. The molecule has 4 unspecified atom stereocenters. The van der Waals surface area contributed by atoms with E-state index in [0.29, 0.717) is 42.2 Å². The Kier molecular flexibility index (Phi) is 39.2. The third-order valence-electron chi connectivity index (χ3n) is 19.3. The lowest BCUT2D eigenvalue weighted by Gasteiger charge is -2.29. The van der Waals surface area contributed by atoms with E-state index in [1.807, 2.05) is 0 Å². The number of aliphatic hydroxyl groups is 2. The molecule has 5 aliphatic rings. The van der Waals surface area contributed by atoms with E-state index in [4.69, 9.17) is 93.7 Å². The number of carbonyl (C=O) groups is 3. The molecular formula is C76H97N9O40P4-4. The second-order valence-electron chi connectivity index (χ2n) is 28.6. The zero-order valence-electron chi connectivity index (χ0n) is 69.2. The number of nitrogens with one attached hydrogen (secondary N) is 4. The highest BCUT2D eigenvalue weighted by Crippen LogP contribution is 2.49. The summed E-state index contributed by atoms with van der Waals surface area (Å²) in [6, 6.07) is 13.7. The fraction of sp³-hybridized carbons (Fsp3) is 0.526. The average Bonchev–Trinajstić information content (AvgIpc) is 1.73. The van der Waals surface area contributed by atoms with Gasteiger partial charge in [0.25, 0.3) is 48.3 Å². The van der Waals surface area contributed by atoms with Crippen LogP contribution >= 0.6 is 31.3 Å². The van der Waals surface area contributed by atoms with Crippen LogP contribution in [0.3, 0.4) is 0 Å². The standard InChI is InChI=1S/C76H101N9O40P4/c1-47-42-84(75(97)81-70(47)91)67-40-59(61(44-86)121-67)124-128(103,104)116-34-30-112-25-23-109-21-19-107-18-20-108-22-24-110-29-33-115-127(101,102)119-46-63-60(125-129(105,106)117-35-31-113-27-26-111-28-32-114-126(99,100)118-45-62-56(89)39-66(122-62)83-17-14-64(77)80-74(83)96)41-68(123-63)85-43-49(72(93)82-76(85)98)7-13-65(90)78-15-4-2-3-5-16-79-71(92)48-6-10-52(73(94)95)55(36-48)69-53-11-8-50(87)37-57(53)120-58-38-51(88)9-12-54(58)69/h6-14,17,36-38,42-43,56,59-63,66-68,86-87,89H,2-5,15-16,18-35,39-41,44-46H2,1H3,(H,78,90)(H,79,92)(H,94,95)(H,99,100)(H,101,102)(H,103,104)(H,105,106)(H2,77,80,96)(H,81,91,97)(H,82,93,98)/p-4/b13-7+/t56-,59-,60-,61-,62-,63-,66-,67-,68-/m1/s1. The van der Waals surface area contributed by atoms with Crippen molar-refractivity contribution >= 4 is 71.9 Å². The number of phenolic OH excluding ortho intramolecular Hbond substituents is 1. The van der Waals surface area contributed by atoms with Gasteiger partial charge in [0.1, 0.15) is 59.9 Å². The SMILES string of the molecule is Cc1cn([C@H]2C[C@@H](OP(=O)([O-])OCCOCCOCCOCCOCCOCCOP(=O)([O-])OC[C@H]3O[C@@H](n4cc(/C=C/C(=O)NCCCCCCNC(=O)c5ccc(C(=O)O)c(-c6c7ccc(=O)cc-7oc7cc(O)ccc67)c5)c(=O)[nH]c4=O)C[C@H]3OP(=O)([O-])OCCOCCOCCOP(=O)([O-])OC[C@H]3O[C@@H](n4ccc(N)nc4=O)C[C@H]3O)[C@@H](CO)O2)c(=O)[nH]c1=O. The smallest absolute Gasteiger partial charge is 0.351 e. The fourth-order valence-corrected chi connectivity index (χ4v) is 16.3. The highest BCUT2D eigenvalue weighted by molar-refractivity contribution is 7.46. The molecule has 710 valence electrons. The zero-order valence-corrected chi connectivity index (χ0v) is 72.8. The number of anilines is 1. The Morgan fingerprint density at radius 1 is 0.566 bits per heavy atom. The molecule has 3 saturated heterocycles. The molecule has 2 aromatic carbocycles. The predicted octanol–water partition coefficient (Wildman–Crippen LogP) is -0.288. The molecule has 10 rings (SSSR count). The molecule has 0 saturated carbocycles. The lowest BCUT2D eigenvalue weighted by molar-refractivity contribution is -0.236. The first-order valence-electron chi connectivity index (χ1n) is 40.3. The molecule has 49 nitrogen and oxygen atoms in total. The summed E-state index contributed by atoms with van der Waals surface area (Å²) in [6.07, 6.45) is -4.45. The number of nitrogens with two attached hydrogens (primary N) is 1. The lowest BCUT2D eigenvalue weighted by atomic mass is 9.89. The van der Waals surface area contributed by atoms with Crippen molar-refractivity contribution in [2.45, 2.75) is 107 Å². The maximum atomic E-state index is 13.5. The van der Waals surface area contributed by atoms with Gasteiger partial charge >= 0.3 is 23.0 Å². The van der Waals surface area contributed by atoms with Crippen LogP contribution in [-0.4, -0.2) is 255 Å². The number of amides is 2. The number of H-pyrrole nitrogens is 2. The third kappa shape index (κ3) is 31.9. The van der Waals surface area contributed by atoms with Crippen molar-refractivity contribution in [2.75, 3.05) is 158 Å². The highest BCUT2D eigenvalue weighted by Gasteiger charge is 2.43. The van der Waals surface area contributed by atoms with Crippen molar-refractivity contribution in [1.82, 2.24) is 39.3 Å². The number of aliphatic hydroxyl groups excluding tert-OH is 2. The normalized spacial score (nSPS) is 20.7. The van der Waals surface area contributed by atoms with Gasteiger partial charge in [-0.3, -0.25) is 65.9 Å². The number of aromatic carboxylic acids is 1. The fourth-order valence-electron chi connectivity index (χ4n) is 13.1. The molecule has 2 amide bonds. The van der Waals surface area contributed by atoms with Crippen molar-refractivity contribution in [1.29, 1.82) is 0 Å². The molecule has 0 spiro atoms. The maximum Gasteiger partial charge on any atom is 0.351 e. The van der Waals surface area contributed by atoms with Gasteiger partial charge in [0.05, 0.1) is 168 Å². The van der Waals surface area contributed by atoms with Gasteiger partial charge in [0, 0.05) is 96.8 Å². The Morgan fingerprint density at radius 3 is 1.61 bits per heavy atom. The Bertz CT molecular complexity index is 5490. The van der Waals surface area contributed by atoms with Crippen LogP contribution in [0.25, 0.3) is 39.5 Å². The van der Waals surface area contributed by atoms with Crippen LogP contribution in [0.4, 0.5) is 5.82 Å². The number of aryl methyl sites for hydroxylation is 1. The summed E-state index contributed by atoms with van der Waals surface area (Å²) in [4.78, 5) is 173. The van der Waals surface area contributed by atoms with E-state index in [9.17, 15) is 101 Å². The topological polar surface area (TPSA) is 684 Å². The van der Waals surface area contributed by atoms with Gasteiger partial charge in [0.15, 0.2) is 5.43 Å². The number of aromatic amines is 2. The maximum absolute atomic E-state index is 13.5. The summed E-state index contributed by atoms with van der Waals surface area (Å²) >= 11 is 0. The van der Waals surface area contributed by atoms with Gasteiger partial charge in [-0.1, -0.05) is 12.8 Å². The van der Waals surface area contributed by atoms with Crippen molar-refractivity contribution in [3.05, 3.63) is 170 Å². The van der Waals surface area contributed by atoms with Crippen molar-refractivity contribution in [2.24, 2.45) is 0 Å². The Morgan fingerprint density at radius 2 is 1.06 bits per heavy atom. The van der Waals surface area contributed by atoms with Gasteiger partial charge in [-0.25, -0.2) is 19.2 Å². The monoisotopic (exact) mass is 1900 g/mol. The quantitative estimate of drug-likeness (QED) is 0.0102. The van der Waals surface area contributed by atoms with E-state index in [2.05, 4.69) is 25.6 Å². The predicted molar refractivity (Wildman–Crippen MR) is 437 cm³/mol. The molecular weight excluding hydrogens is 1800 g/mol. The number of carboxylic acid groups (broad SMARTS) is 1. The van der Waals surface area contributed by atoms with E-state index in [0.717, 1.165) is 32.1 Å². The zero-order chi connectivity index (χ0) is 92.8.